The highest BCUT2D eigenvalue weighted by Crippen LogP contribution is 2.19. The number of nitrogens with one attached hydrogen (secondary N) is 1. The number of anilines is 1. The molecule has 0 spiro atoms. The topological polar surface area (TPSA) is 78.3 Å². The Labute approximate surface area is 161 Å². The van der Waals surface area contributed by atoms with Crippen molar-refractivity contribution in [3.05, 3.63) is 72.8 Å². The molecule has 0 aliphatic carbocycles. The number of nitrogens with zero attached hydrogens (tertiary/aromatic N) is 3. The fourth-order valence-corrected chi connectivity index (χ4v) is 2.69. The third-order valence-electron chi connectivity index (χ3n) is 4.08. The highest BCUT2D eigenvalue weighted by atomic mass is 16.5. The Morgan fingerprint density at radius 3 is 2.39 bits per heavy atom. The SMILES string of the molecule is COc1ccc(OCC(=O)Nc2ccc3nn(-c4ccccc4)nc3c2)cc1. The number of carbonyl (C=O) groups is 1. The molecule has 1 N–H and O–H groups in total. The van der Waals surface area contributed by atoms with E-state index in [0.717, 1.165) is 17.0 Å². The minimum Gasteiger partial charge on any atom is -0.497 e. The zero-order valence-electron chi connectivity index (χ0n) is 15.2. The Kier molecular flexibility index (Phi) is 4.88. The van der Waals surface area contributed by atoms with Crippen LogP contribution < -0.4 is 14.8 Å². The van der Waals surface area contributed by atoms with Crippen LogP contribution in [0, 0.1) is 0 Å². The zero-order chi connectivity index (χ0) is 19.3. The van der Waals surface area contributed by atoms with Gasteiger partial charge in [0.25, 0.3) is 5.91 Å². The first-order valence-electron chi connectivity index (χ1n) is 8.70. The Morgan fingerprint density at radius 2 is 1.64 bits per heavy atom. The number of fused-ring (bicyclic) bond motifs is 1. The molecule has 7 nitrogen and oxygen atoms in total. The van der Waals surface area contributed by atoms with Crippen LogP contribution in [-0.2, 0) is 4.79 Å². The number of carbonyl (C=O) groups excluding carboxylic acids is 1. The minimum atomic E-state index is -0.259. The van der Waals surface area contributed by atoms with Gasteiger partial charge in [-0.3, -0.25) is 4.79 Å². The standard InChI is InChI=1S/C21H18N4O3/c1-27-17-8-10-18(11-9-17)28-14-21(26)22-15-7-12-19-20(13-15)24-25(23-19)16-5-3-2-4-6-16/h2-13H,14H2,1H3,(H,22,26). The van der Waals surface area contributed by atoms with Crippen LogP contribution in [0.1, 0.15) is 0 Å². The number of aromatic nitrogens is 3. The Balaban J connectivity index is 1.41. The van der Waals surface area contributed by atoms with Crippen molar-refractivity contribution in [3.8, 4) is 17.2 Å². The summed E-state index contributed by atoms with van der Waals surface area (Å²) in [5, 5.41) is 11.7. The number of para-hydroxylation sites is 1. The van der Waals surface area contributed by atoms with Crippen LogP contribution in [0.2, 0.25) is 0 Å². The van der Waals surface area contributed by atoms with Crippen molar-refractivity contribution in [1.29, 1.82) is 0 Å². The molecule has 4 aromatic rings. The summed E-state index contributed by atoms with van der Waals surface area (Å²) < 4.78 is 10.6. The summed E-state index contributed by atoms with van der Waals surface area (Å²) in [6, 6.07) is 22.1. The molecule has 4 rings (SSSR count). The van der Waals surface area contributed by atoms with Gasteiger partial charge in [0.1, 0.15) is 22.5 Å². The fourth-order valence-electron chi connectivity index (χ4n) is 2.69. The van der Waals surface area contributed by atoms with Crippen molar-refractivity contribution < 1.29 is 14.3 Å². The van der Waals surface area contributed by atoms with Gasteiger partial charge in [0, 0.05) is 5.69 Å². The molecule has 0 radical (unpaired) electrons. The third-order valence-corrected chi connectivity index (χ3v) is 4.08. The number of amides is 1. The van der Waals surface area contributed by atoms with Crippen LogP contribution in [-0.4, -0.2) is 34.6 Å². The lowest BCUT2D eigenvalue weighted by Crippen LogP contribution is -2.20. The van der Waals surface area contributed by atoms with E-state index in [4.69, 9.17) is 9.47 Å². The summed E-state index contributed by atoms with van der Waals surface area (Å²) in [5.41, 5.74) is 2.95. The van der Waals surface area contributed by atoms with Gasteiger partial charge < -0.3 is 14.8 Å². The largest absolute Gasteiger partial charge is 0.497 e. The number of hydrogen-bond donors (Lipinski definition) is 1. The van der Waals surface area contributed by atoms with Gasteiger partial charge in [-0.05, 0) is 54.6 Å². The van der Waals surface area contributed by atoms with Crippen molar-refractivity contribution in [3.63, 3.8) is 0 Å². The highest BCUT2D eigenvalue weighted by molar-refractivity contribution is 5.93. The first-order valence-corrected chi connectivity index (χ1v) is 8.70. The van der Waals surface area contributed by atoms with Crippen molar-refractivity contribution in [2.24, 2.45) is 0 Å². The maximum Gasteiger partial charge on any atom is 0.262 e. The number of hydrogen-bond acceptors (Lipinski definition) is 5. The molecule has 7 heteroatoms. The number of rotatable bonds is 6. The van der Waals surface area contributed by atoms with Crippen LogP contribution in [0.5, 0.6) is 11.5 Å². The summed E-state index contributed by atoms with van der Waals surface area (Å²) in [7, 11) is 1.60. The quantitative estimate of drug-likeness (QED) is 0.559. The summed E-state index contributed by atoms with van der Waals surface area (Å²) in [6.45, 7) is -0.0962. The lowest BCUT2D eigenvalue weighted by molar-refractivity contribution is -0.118. The first kappa shape index (κ1) is 17.5. The molecular weight excluding hydrogens is 356 g/mol. The van der Waals surface area contributed by atoms with Gasteiger partial charge >= 0.3 is 0 Å². The van der Waals surface area contributed by atoms with E-state index in [2.05, 4.69) is 15.5 Å². The lowest BCUT2D eigenvalue weighted by atomic mass is 10.3. The van der Waals surface area contributed by atoms with Gasteiger partial charge in [-0.2, -0.15) is 4.80 Å². The van der Waals surface area contributed by atoms with Crippen molar-refractivity contribution in [2.75, 3.05) is 19.0 Å². The van der Waals surface area contributed by atoms with E-state index >= 15 is 0 Å². The molecule has 140 valence electrons. The molecule has 0 fully saturated rings. The van der Waals surface area contributed by atoms with Gasteiger partial charge in [0.2, 0.25) is 0 Å². The molecule has 0 saturated carbocycles. The van der Waals surface area contributed by atoms with Gasteiger partial charge in [0.15, 0.2) is 6.61 Å². The van der Waals surface area contributed by atoms with Gasteiger partial charge in [0.05, 0.1) is 12.8 Å². The molecule has 0 bridgehead atoms. The fraction of sp³-hybridized carbons (Fsp3) is 0.0952. The van der Waals surface area contributed by atoms with Gasteiger partial charge in [-0.1, -0.05) is 18.2 Å². The van der Waals surface area contributed by atoms with Crippen molar-refractivity contribution in [2.45, 2.75) is 0 Å². The molecule has 0 saturated heterocycles. The molecule has 28 heavy (non-hydrogen) atoms. The molecule has 1 amide bonds. The second kappa shape index (κ2) is 7.79. The van der Waals surface area contributed by atoms with E-state index in [9.17, 15) is 4.79 Å². The summed E-state index contributed by atoms with van der Waals surface area (Å²) in [5.74, 6) is 1.07. The number of methoxy groups -OCH3 is 1. The van der Waals surface area contributed by atoms with E-state index in [1.165, 1.54) is 0 Å². The summed E-state index contributed by atoms with van der Waals surface area (Å²) in [4.78, 5) is 13.7. The summed E-state index contributed by atoms with van der Waals surface area (Å²) in [6.07, 6.45) is 0. The molecule has 0 aliphatic heterocycles. The second-order valence-electron chi connectivity index (χ2n) is 6.04. The van der Waals surface area contributed by atoms with E-state index in [1.807, 2.05) is 36.4 Å². The van der Waals surface area contributed by atoms with E-state index in [-0.39, 0.29) is 12.5 Å². The van der Waals surface area contributed by atoms with Crippen molar-refractivity contribution >= 4 is 22.6 Å². The minimum absolute atomic E-state index is 0.0962. The number of ether oxygens (including phenoxy) is 2. The highest BCUT2D eigenvalue weighted by Gasteiger charge is 2.08. The van der Waals surface area contributed by atoms with Crippen LogP contribution in [0.3, 0.4) is 0 Å². The van der Waals surface area contributed by atoms with E-state index in [1.54, 1.807) is 48.3 Å². The zero-order valence-corrected chi connectivity index (χ0v) is 15.2. The molecule has 0 unspecified atom stereocenters. The smallest absolute Gasteiger partial charge is 0.262 e. The first-order chi connectivity index (χ1) is 13.7. The molecule has 1 heterocycles. The van der Waals surface area contributed by atoms with Crippen LogP contribution >= 0.6 is 0 Å². The Hall–Kier alpha value is -3.87. The Morgan fingerprint density at radius 1 is 0.929 bits per heavy atom. The van der Waals surface area contributed by atoms with Crippen LogP contribution in [0.15, 0.2) is 72.8 Å². The Bertz CT molecular complexity index is 1090. The third kappa shape index (κ3) is 3.93. The van der Waals surface area contributed by atoms with Crippen LogP contribution in [0.25, 0.3) is 16.7 Å². The second-order valence-corrected chi connectivity index (χ2v) is 6.04. The predicted octanol–water partition coefficient (Wildman–Crippen LogP) is 3.45. The lowest BCUT2D eigenvalue weighted by Gasteiger charge is -2.08. The molecule has 1 aromatic heterocycles. The normalized spacial score (nSPS) is 10.6. The molecule has 3 aromatic carbocycles. The van der Waals surface area contributed by atoms with E-state index < -0.39 is 0 Å². The predicted molar refractivity (Wildman–Crippen MR) is 106 cm³/mol. The average molecular weight is 374 g/mol. The maximum atomic E-state index is 12.2. The maximum absolute atomic E-state index is 12.2. The molecule has 0 atom stereocenters. The van der Waals surface area contributed by atoms with Crippen LogP contribution in [0.4, 0.5) is 5.69 Å². The van der Waals surface area contributed by atoms with Gasteiger partial charge in [-0.15, -0.1) is 10.2 Å². The molecule has 0 aliphatic rings. The van der Waals surface area contributed by atoms with E-state index in [0.29, 0.717) is 17.0 Å². The van der Waals surface area contributed by atoms with Crippen molar-refractivity contribution in [1.82, 2.24) is 15.0 Å². The average Bonchev–Trinajstić information content (AvgIpc) is 3.17. The molecular formula is C21H18N4O3. The van der Waals surface area contributed by atoms with Gasteiger partial charge in [-0.25, -0.2) is 0 Å². The monoisotopic (exact) mass is 374 g/mol. The number of benzene rings is 3. The summed E-state index contributed by atoms with van der Waals surface area (Å²) >= 11 is 0.